The first-order valence-electron chi connectivity index (χ1n) is 5.46. The number of sulfonamides is 1. The standard InChI is InChI=1S/C12H19NO2S/c1-5-16(14,15)13-12-8-11(9(2)3)7-6-10(12)4/h6-9,13H,5H2,1-4H3. The van der Waals surface area contributed by atoms with Gasteiger partial charge in [-0.1, -0.05) is 26.0 Å². The second-order valence-corrected chi connectivity index (χ2v) is 6.25. The molecular formula is C12H19NO2S. The topological polar surface area (TPSA) is 46.2 Å². The van der Waals surface area contributed by atoms with Crippen molar-refractivity contribution >= 4 is 15.7 Å². The fourth-order valence-electron chi connectivity index (χ4n) is 1.35. The lowest BCUT2D eigenvalue weighted by Gasteiger charge is -2.12. The summed E-state index contributed by atoms with van der Waals surface area (Å²) in [5.41, 5.74) is 2.77. The van der Waals surface area contributed by atoms with Gasteiger partial charge in [-0.3, -0.25) is 4.72 Å². The zero-order valence-electron chi connectivity index (χ0n) is 10.2. The maximum atomic E-state index is 11.5. The van der Waals surface area contributed by atoms with Gasteiger partial charge >= 0.3 is 0 Å². The average Bonchev–Trinajstić information content (AvgIpc) is 2.21. The van der Waals surface area contributed by atoms with Crippen LogP contribution in [0.15, 0.2) is 18.2 Å². The van der Waals surface area contributed by atoms with Crippen molar-refractivity contribution in [3.8, 4) is 0 Å². The lowest BCUT2D eigenvalue weighted by Crippen LogP contribution is -2.15. The van der Waals surface area contributed by atoms with Crippen LogP contribution >= 0.6 is 0 Å². The van der Waals surface area contributed by atoms with E-state index in [0.717, 1.165) is 11.1 Å². The highest BCUT2D eigenvalue weighted by Gasteiger charge is 2.10. The minimum Gasteiger partial charge on any atom is -0.283 e. The molecule has 0 aliphatic heterocycles. The van der Waals surface area contributed by atoms with Gasteiger partial charge in [-0.25, -0.2) is 8.42 Å². The lowest BCUT2D eigenvalue weighted by molar-refractivity contribution is 0.602. The second kappa shape index (κ2) is 4.87. The Morgan fingerprint density at radius 3 is 2.44 bits per heavy atom. The van der Waals surface area contributed by atoms with Crippen molar-refractivity contribution in [1.82, 2.24) is 0 Å². The third-order valence-electron chi connectivity index (χ3n) is 2.57. The van der Waals surface area contributed by atoms with Crippen molar-refractivity contribution in [2.45, 2.75) is 33.6 Å². The number of nitrogens with one attached hydrogen (secondary N) is 1. The van der Waals surface area contributed by atoms with E-state index in [9.17, 15) is 8.42 Å². The maximum absolute atomic E-state index is 11.5. The summed E-state index contributed by atoms with van der Waals surface area (Å²) in [5.74, 6) is 0.490. The van der Waals surface area contributed by atoms with E-state index < -0.39 is 10.0 Å². The van der Waals surface area contributed by atoms with Crippen LogP contribution in [0, 0.1) is 6.92 Å². The molecule has 3 nitrogen and oxygen atoms in total. The van der Waals surface area contributed by atoms with Crippen molar-refractivity contribution in [2.24, 2.45) is 0 Å². The largest absolute Gasteiger partial charge is 0.283 e. The molecule has 0 spiro atoms. The molecule has 1 rings (SSSR count). The number of hydrogen-bond donors (Lipinski definition) is 1. The van der Waals surface area contributed by atoms with Gasteiger partial charge in [0.15, 0.2) is 0 Å². The molecule has 0 amide bonds. The van der Waals surface area contributed by atoms with Crippen molar-refractivity contribution in [1.29, 1.82) is 0 Å². The van der Waals surface area contributed by atoms with E-state index in [0.29, 0.717) is 11.6 Å². The predicted octanol–water partition coefficient (Wildman–Crippen LogP) is 2.88. The highest BCUT2D eigenvalue weighted by atomic mass is 32.2. The minimum atomic E-state index is -3.19. The number of rotatable bonds is 4. The van der Waals surface area contributed by atoms with Gasteiger partial charge in [0.25, 0.3) is 0 Å². The summed E-state index contributed by atoms with van der Waals surface area (Å²) in [6, 6.07) is 5.89. The van der Waals surface area contributed by atoms with Gasteiger partial charge in [0.05, 0.1) is 11.4 Å². The Morgan fingerprint density at radius 1 is 1.31 bits per heavy atom. The number of aryl methyl sites for hydroxylation is 1. The van der Waals surface area contributed by atoms with E-state index in [2.05, 4.69) is 18.6 Å². The van der Waals surface area contributed by atoms with E-state index in [-0.39, 0.29) is 5.75 Å². The van der Waals surface area contributed by atoms with Crippen LogP contribution in [0.2, 0.25) is 0 Å². The normalized spacial score (nSPS) is 11.8. The Labute approximate surface area is 97.9 Å². The third kappa shape index (κ3) is 3.23. The third-order valence-corrected chi connectivity index (χ3v) is 3.86. The summed E-state index contributed by atoms with van der Waals surface area (Å²) in [4.78, 5) is 0. The van der Waals surface area contributed by atoms with Crippen LogP contribution in [0.1, 0.15) is 37.8 Å². The van der Waals surface area contributed by atoms with E-state index in [1.165, 1.54) is 0 Å². The van der Waals surface area contributed by atoms with Crippen molar-refractivity contribution < 1.29 is 8.42 Å². The summed E-state index contributed by atoms with van der Waals surface area (Å²) in [6.07, 6.45) is 0. The molecule has 1 aromatic rings. The van der Waals surface area contributed by atoms with Gasteiger partial charge < -0.3 is 0 Å². The molecular weight excluding hydrogens is 222 g/mol. The highest BCUT2D eigenvalue weighted by Crippen LogP contribution is 2.23. The lowest BCUT2D eigenvalue weighted by atomic mass is 10.0. The molecule has 0 unspecified atom stereocenters. The summed E-state index contributed by atoms with van der Waals surface area (Å²) in [7, 11) is -3.19. The fourth-order valence-corrected chi connectivity index (χ4v) is 2.05. The molecule has 0 aliphatic carbocycles. The van der Waals surface area contributed by atoms with Gasteiger partial charge in [0.1, 0.15) is 0 Å². The number of hydrogen-bond acceptors (Lipinski definition) is 2. The zero-order valence-corrected chi connectivity index (χ0v) is 11.1. The van der Waals surface area contributed by atoms with Gasteiger partial charge in [-0.15, -0.1) is 0 Å². The Balaban J connectivity index is 3.08. The molecule has 0 aliphatic rings. The Bertz CT molecular complexity index is 464. The Morgan fingerprint density at radius 2 is 1.94 bits per heavy atom. The average molecular weight is 241 g/mol. The molecule has 0 bridgehead atoms. The zero-order chi connectivity index (χ0) is 12.3. The van der Waals surface area contributed by atoms with Crippen LogP contribution in [0.3, 0.4) is 0 Å². The number of anilines is 1. The van der Waals surface area contributed by atoms with Crippen molar-refractivity contribution in [3.63, 3.8) is 0 Å². The molecule has 0 fully saturated rings. The van der Waals surface area contributed by atoms with E-state index in [4.69, 9.17) is 0 Å². The van der Waals surface area contributed by atoms with Gasteiger partial charge in [-0.05, 0) is 37.0 Å². The van der Waals surface area contributed by atoms with Crippen LogP contribution < -0.4 is 4.72 Å². The predicted molar refractivity (Wildman–Crippen MR) is 68.4 cm³/mol. The summed E-state index contributed by atoms with van der Waals surface area (Å²) in [6.45, 7) is 7.70. The summed E-state index contributed by atoms with van der Waals surface area (Å²) >= 11 is 0. The van der Waals surface area contributed by atoms with Crippen molar-refractivity contribution in [2.75, 3.05) is 10.5 Å². The van der Waals surface area contributed by atoms with E-state index >= 15 is 0 Å². The highest BCUT2D eigenvalue weighted by molar-refractivity contribution is 7.92. The van der Waals surface area contributed by atoms with Gasteiger partial charge in [-0.2, -0.15) is 0 Å². The SMILES string of the molecule is CCS(=O)(=O)Nc1cc(C(C)C)ccc1C. The molecule has 0 aromatic heterocycles. The first-order chi connectivity index (χ1) is 7.35. The Hall–Kier alpha value is -1.03. The molecule has 0 saturated carbocycles. The van der Waals surface area contributed by atoms with Crippen LogP contribution in [0.25, 0.3) is 0 Å². The molecule has 4 heteroatoms. The van der Waals surface area contributed by atoms with E-state index in [1.807, 2.05) is 25.1 Å². The van der Waals surface area contributed by atoms with E-state index in [1.54, 1.807) is 6.92 Å². The smallest absolute Gasteiger partial charge is 0.232 e. The van der Waals surface area contributed by atoms with Crippen LogP contribution in [-0.4, -0.2) is 14.2 Å². The first-order valence-corrected chi connectivity index (χ1v) is 7.12. The van der Waals surface area contributed by atoms with Crippen molar-refractivity contribution in [3.05, 3.63) is 29.3 Å². The van der Waals surface area contributed by atoms with Gasteiger partial charge in [0, 0.05) is 0 Å². The van der Waals surface area contributed by atoms with Crippen LogP contribution in [0.4, 0.5) is 5.69 Å². The molecule has 1 N–H and O–H groups in total. The maximum Gasteiger partial charge on any atom is 0.232 e. The van der Waals surface area contributed by atoms with Crippen LogP contribution in [-0.2, 0) is 10.0 Å². The fraction of sp³-hybridized carbons (Fsp3) is 0.500. The molecule has 0 atom stereocenters. The molecule has 0 radical (unpaired) electrons. The molecule has 0 heterocycles. The first kappa shape index (κ1) is 13.0. The molecule has 90 valence electrons. The molecule has 1 aromatic carbocycles. The van der Waals surface area contributed by atoms with Crippen LogP contribution in [0.5, 0.6) is 0 Å². The quantitative estimate of drug-likeness (QED) is 0.881. The molecule has 16 heavy (non-hydrogen) atoms. The summed E-state index contributed by atoms with van der Waals surface area (Å²) < 4.78 is 25.6. The minimum absolute atomic E-state index is 0.0956. The molecule has 0 saturated heterocycles. The number of benzene rings is 1. The van der Waals surface area contributed by atoms with Gasteiger partial charge in [0.2, 0.25) is 10.0 Å². The second-order valence-electron chi connectivity index (χ2n) is 4.23. The summed E-state index contributed by atoms with van der Waals surface area (Å²) in [5, 5.41) is 0. The Kier molecular flexibility index (Phi) is 3.97. The monoisotopic (exact) mass is 241 g/mol.